The third kappa shape index (κ3) is 4.31. The highest BCUT2D eigenvalue weighted by molar-refractivity contribution is 5.80. The first-order chi connectivity index (χ1) is 8.58. The number of carboxylic acids is 1. The summed E-state index contributed by atoms with van der Waals surface area (Å²) < 4.78 is 0. The molecule has 2 N–H and O–H groups in total. The lowest BCUT2D eigenvalue weighted by Crippen LogP contribution is -2.40. The number of rotatable bonds is 6. The number of carbonyl (C=O) groups is 2. The van der Waals surface area contributed by atoms with Crippen molar-refractivity contribution in [3.63, 3.8) is 0 Å². The van der Waals surface area contributed by atoms with Crippen molar-refractivity contribution in [3.8, 4) is 0 Å². The number of carbonyl (C=O) groups excluding carboxylic acids is 1. The summed E-state index contributed by atoms with van der Waals surface area (Å²) in [5.41, 5.74) is 0. The van der Waals surface area contributed by atoms with Crippen LogP contribution < -0.4 is 5.32 Å². The molecule has 0 bridgehead atoms. The smallest absolute Gasteiger partial charge is 0.306 e. The molecule has 0 spiro atoms. The second kappa shape index (κ2) is 7.39. The lowest BCUT2D eigenvalue weighted by atomic mass is 9.81. The molecule has 0 aromatic heterocycles. The van der Waals surface area contributed by atoms with Gasteiger partial charge in [0, 0.05) is 12.0 Å². The molecular formula is C14H25NO3. The van der Waals surface area contributed by atoms with Crippen molar-refractivity contribution in [1.82, 2.24) is 5.32 Å². The summed E-state index contributed by atoms with van der Waals surface area (Å²) in [6.45, 7) is 4.18. The standard InChI is InChI=1S/C14H25NO3/c1-3-6-12(4-2)15-13(16)10-7-5-8-11(9-10)14(17)18/h10-12H,3-9H2,1-2H3,(H,15,16)(H,17,18). The van der Waals surface area contributed by atoms with E-state index in [-0.39, 0.29) is 23.8 Å². The van der Waals surface area contributed by atoms with Gasteiger partial charge in [0.2, 0.25) is 5.91 Å². The summed E-state index contributed by atoms with van der Waals surface area (Å²) in [5.74, 6) is -1.14. The molecule has 4 nitrogen and oxygen atoms in total. The number of nitrogens with one attached hydrogen (secondary N) is 1. The van der Waals surface area contributed by atoms with Gasteiger partial charge in [0.05, 0.1) is 5.92 Å². The fraction of sp³-hybridized carbons (Fsp3) is 0.857. The molecule has 4 heteroatoms. The minimum absolute atomic E-state index is 0.0567. The molecule has 0 saturated heterocycles. The zero-order valence-electron chi connectivity index (χ0n) is 11.4. The van der Waals surface area contributed by atoms with Gasteiger partial charge in [0.25, 0.3) is 0 Å². The molecule has 1 rings (SSSR count). The normalized spacial score (nSPS) is 25.4. The van der Waals surface area contributed by atoms with Gasteiger partial charge >= 0.3 is 5.97 Å². The number of carboxylic acid groups (broad SMARTS) is 1. The summed E-state index contributed by atoms with van der Waals surface area (Å²) in [5, 5.41) is 12.1. The van der Waals surface area contributed by atoms with E-state index in [1.54, 1.807) is 0 Å². The number of aliphatic carboxylic acids is 1. The highest BCUT2D eigenvalue weighted by Gasteiger charge is 2.31. The lowest BCUT2D eigenvalue weighted by molar-refractivity contribution is -0.144. The van der Waals surface area contributed by atoms with E-state index in [1.165, 1.54) is 0 Å². The Kier molecular flexibility index (Phi) is 6.16. The molecule has 1 saturated carbocycles. The van der Waals surface area contributed by atoms with E-state index in [1.807, 2.05) is 0 Å². The van der Waals surface area contributed by atoms with Gasteiger partial charge in [-0.05, 0) is 32.1 Å². The van der Waals surface area contributed by atoms with Crippen LogP contribution in [0.1, 0.15) is 58.8 Å². The summed E-state index contributed by atoms with van der Waals surface area (Å²) in [6.07, 6.45) is 5.89. The maximum absolute atomic E-state index is 12.1. The minimum atomic E-state index is -0.756. The van der Waals surface area contributed by atoms with Gasteiger partial charge in [-0.25, -0.2) is 0 Å². The van der Waals surface area contributed by atoms with Crippen LogP contribution in [0.15, 0.2) is 0 Å². The predicted octanol–water partition coefficient (Wildman–Crippen LogP) is 2.57. The zero-order chi connectivity index (χ0) is 13.5. The molecule has 1 aliphatic rings. The van der Waals surface area contributed by atoms with Gasteiger partial charge in [0.15, 0.2) is 0 Å². The first-order valence-corrected chi connectivity index (χ1v) is 7.11. The highest BCUT2D eigenvalue weighted by Crippen LogP contribution is 2.29. The maximum Gasteiger partial charge on any atom is 0.306 e. The molecule has 1 amide bonds. The Labute approximate surface area is 109 Å². The van der Waals surface area contributed by atoms with Crippen LogP contribution in [-0.2, 0) is 9.59 Å². The van der Waals surface area contributed by atoms with E-state index in [0.717, 1.165) is 32.1 Å². The Bertz CT molecular complexity index is 291. The van der Waals surface area contributed by atoms with Crippen molar-refractivity contribution in [3.05, 3.63) is 0 Å². The van der Waals surface area contributed by atoms with E-state index in [9.17, 15) is 9.59 Å². The van der Waals surface area contributed by atoms with Crippen LogP contribution in [0.5, 0.6) is 0 Å². The maximum atomic E-state index is 12.1. The second-order valence-electron chi connectivity index (χ2n) is 5.30. The van der Waals surface area contributed by atoms with E-state index >= 15 is 0 Å². The molecule has 1 aliphatic carbocycles. The van der Waals surface area contributed by atoms with Crippen LogP contribution >= 0.6 is 0 Å². The average molecular weight is 255 g/mol. The molecule has 104 valence electrons. The van der Waals surface area contributed by atoms with Crippen molar-refractivity contribution in [2.45, 2.75) is 64.8 Å². The van der Waals surface area contributed by atoms with Crippen LogP contribution in [0, 0.1) is 11.8 Å². The average Bonchev–Trinajstić information content (AvgIpc) is 2.38. The topological polar surface area (TPSA) is 66.4 Å². The van der Waals surface area contributed by atoms with Gasteiger partial charge in [-0.1, -0.05) is 26.7 Å². The van der Waals surface area contributed by atoms with E-state index in [0.29, 0.717) is 12.8 Å². The van der Waals surface area contributed by atoms with Gasteiger partial charge < -0.3 is 10.4 Å². The molecule has 3 unspecified atom stereocenters. The summed E-state index contributed by atoms with van der Waals surface area (Å²) in [6, 6.07) is 0.243. The molecule has 1 fully saturated rings. The van der Waals surface area contributed by atoms with Crippen molar-refractivity contribution in [2.24, 2.45) is 11.8 Å². The largest absolute Gasteiger partial charge is 0.481 e. The van der Waals surface area contributed by atoms with Crippen LogP contribution in [0.2, 0.25) is 0 Å². The number of hydrogen-bond donors (Lipinski definition) is 2. The van der Waals surface area contributed by atoms with Crippen molar-refractivity contribution in [2.75, 3.05) is 0 Å². The Hall–Kier alpha value is -1.06. The molecule has 18 heavy (non-hydrogen) atoms. The van der Waals surface area contributed by atoms with E-state index < -0.39 is 5.97 Å². The Morgan fingerprint density at radius 3 is 2.50 bits per heavy atom. The first-order valence-electron chi connectivity index (χ1n) is 7.11. The van der Waals surface area contributed by atoms with Crippen LogP contribution in [0.25, 0.3) is 0 Å². The third-order valence-electron chi connectivity index (χ3n) is 3.87. The van der Waals surface area contributed by atoms with E-state index in [2.05, 4.69) is 19.2 Å². The van der Waals surface area contributed by atoms with Gasteiger partial charge in [0.1, 0.15) is 0 Å². The van der Waals surface area contributed by atoms with Gasteiger partial charge in [-0.15, -0.1) is 0 Å². The molecule has 0 radical (unpaired) electrons. The molecule has 0 aromatic rings. The Morgan fingerprint density at radius 1 is 1.28 bits per heavy atom. The van der Waals surface area contributed by atoms with Gasteiger partial charge in [-0.3, -0.25) is 9.59 Å². The molecular weight excluding hydrogens is 230 g/mol. The summed E-state index contributed by atoms with van der Waals surface area (Å²) in [4.78, 5) is 23.1. The zero-order valence-corrected chi connectivity index (χ0v) is 11.4. The summed E-state index contributed by atoms with van der Waals surface area (Å²) >= 11 is 0. The third-order valence-corrected chi connectivity index (χ3v) is 3.87. The highest BCUT2D eigenvalue weighted by atomic mass is 16.4. The van der Waals surface area contributed by atoms with Crippen LogP contribution in [0.3, 0.4) is 0 Å². The fourth-order valence-electron chi connectivity index (χ4n) is 2.70. The number of amides is 1. The summed E-state index contributed by atoms with van der Waals surface area (Å²) in [7, 11) is 0. The second-order valence-corrected chi connectivity index (χ2v) is 5.30. The minimum Gasteiger partial charge on any atom is -0.481 e. The first kappa shape index (κ1) is 15.0. The molecule has 0 aliphatic heterocycles. The van der Waals surface area contributed by atoms with E-state index in [4.69, 9.17) is 5.11 Å². The molecule has 0 heterocycles. The predicted molar refractivity (Wildman–Crippen MR) is 70.2 cm³/mol. The Morgan fingerprint density at radius 2 is 1.94 bits per heavy atom. The lowest BCUT2D eigenvalue weighted by Gasteiger charge is -2.27. The van der Waals surface area contributed by atoms with Crippen LogP contribution in [-0.4, -0.2) is 23.0 Å². The molecule has 0 aromatic carbocycles. The van der Waals surface area contributed by atoms with Crippen molar-refractivity contribution in [1.29, 1.82) is 0 Å². The molecule has 3 atom stereocenters. The SMILES string of the molecule is CCCC(CC)NC(=O)C1CCCC(C(=O)O)C1. The quantitative estimate of drug-likeness (QED) is 0.766. The van der Waals surface area contributed by atoms with Gasteiger partial charge in [-0.2, -0.15) is 0 Å². The monoisotopic (exact) mass is 255 g/mol. The fourth-order valence-corrected chi connectivity index (χ4v) is 2.70. The van der Waals surface area contributed by atoms with Crippen molar-refractivity contribution >= 4 is 11.9 Å². The Balaban J connectivity index is 2.47. The van der Waals surface area contributed by atoms with Crippen molar-refractivity contribution < 1.29 is 14.7 Å². The van der Waals surface area contributed by atoms with Crippen LogP contribution in [0.4, 0.5) is 0 Å². The number of hydrogen-bond acceptors (Lipinski definition) is 2.